The molecule has 0 spiro atoms. The predicted octanol–water partition coefficient (Wildman–Crippen LogP) is 3.34. The predicted molar refractivity (Wildman–Crippen MR) is 108 cm³/mol. The van der Waals surface area contributed by atoms with Gasteiger partial charge >= 0.3 is 0 Å². The van der Waals surface area contributed by atoms with Gasteiger partial charge in [0.05, 0.1) is 28.3 Å². The Morgan fingerprint density at radius 2 is 1.89 bits per heavy atom. The fourth-order valence-electron chi connectivity index (χ4n) is 2.38. The van der Waals surface area contributed by atoms with Crippen molar-refractivity contribution in [3.63, 3.8) is 0 Å². The number of hydrazone groups is 1. The molecule has 0 aliphatic carbocycles. The van der Waals surface area contributed by atoms with Gasteiger partial charge in [0.25, 0.3) is 17.5 Å². The van der Waals surface area contributed by atoms with Gasteiger partial charge in [-0.3, -0.25) is 19.7 Å². The third kappa shape index (κ3) is 4.33. The third-order valence-corrected chi connectivity index (χ3v) is 5.35. The second-order valence-electron chi connectivity index (χ2n) is 5.53. The van der Waals surface area contributed by atoms with Crippen LogP contribution in [0.25, 0.3) is 10.1 Å². The molecule has 28 heavy (non-hydrogen) atoms. The number of amides is 2. The first kappa shape index (κ1) is 19.5. The molecule has 0 aliphatic heterocycles. The topological polar surface area (TPSA) is 114 Å². The molecule has 2 aromatic carbocycles. The Balaban J connectivity index is 1.58. The number of nitrogens with zero attached hydrogens (tertiary/aromatic N) is 2. The van der Waals surface area contributed by atoms with E-state index in [1.165, 1.54) is 35.8 Å². The van der Waals surface area contributed by atoms with Gasteiger partial charge in [-0.15, -0.1) is 11.3 Å². The molecule has 0 aliphatic rings. The van der Waals surface area contributed by atoms with E-state index in [1.54, 1.807) is 6.07 Å². The second kappa shape index (κ2) is 8.59. The highest BCUT2D eigenvalue weighted by Gasteiger charge is 2.17. The number of carbonyl (C=O) groups excluding carboxylic acids is 2. The molecule has 142 valence electrons. The van der Waals surface area contributed by atoms with Crippen molar-refractivity contribution >= 4 is 56.7 Å². The molecule has 0 atom stereocenters. The molecule has 0 saturated heterocycles. The van der Waals surface area contributed by atoms with E-state index < -0.39 is 16.7 Å². The number of para-hydroxylation sites is 1. The minimum absolute atomic E-state index is 0.131. The molecule has 1 aromatic heterocycles. The molecule has 8 nitrogen and oxygen atoms in total. The van der Waals surface area contributed by atoms with Crippen LogP contribution in [0.5, 0.6) is 0 Å². The number of carbonyl (C=O) groups is 2. The highest BCUT2D eigenvalue weighted by Crippen LogP contribution is 2.34. The quantitative estimate of drug-likeness (QED) is 0.364. The largest absolute Gasteiger partial charge is 0.342 e. The zero-order valence-electron chi connectivity index (χ0n) is 14.2. The lowest BCUT2D eigenvalue weighted by Crippen LogP contribution is -2.34. The van der Waals surface area contributed by atoms with Crippen molar-refractivity contribution in [3.8, 4) is 0 Å². The van der Waals surface area contributed by atoms with Gasteiger partial charge in [-0.1, -0.05) is 41.9 Å². The SMILES string of the molecule is O=C(CNC(=O)c1sc2ccccc2c1Cl)N/N=C/c1ccccc1[N+](=O)[O-]. The number of nitro groups is 1. The van der Waals surface area contributed by atoms with E-state index in [1.807, 2.05) is 24.3 Å². The standard InChI is InChI=1S/C18H13ClN4O4S/c19-16-12-6-2-4-8-14(12)28-17(16)18(25)20-10-15(24)22-21-9-11-5-1-3-7-13(11)23(26)27/h1-9H,10H2,(H,20,25)(H,22,24)/b21-9+. The minimum atomic E-state index is -0.583. The van der Waals surface area contributed by atoms with Crippen molar-refractivity contribution in [3.05, 3.63) is 74.1 Å². The molecule has 0 saturated carbocycles. The van der Waals surface area contributed by atoms with Crippen LogP contribution in [0.15, 0.2) is 53.6 Å². The molecule has 0 bridgehead atoms. The first-order valence-corrected chi connectivity index (χ1v) is 9.17. The number of halogens is 1. The van der Waals surface area contributed by atoms with Crippen molar-refractivity contribution in [1.29, 1.82) is 0 Å². The van der Waals surface area contributed by atoms with Crippen molar-refractivity contribution in [2.75, 3.05) is 6.54 Å². The van der Waals surface area contributed by atoms with Gasteiger partial charge in [-0.05, 0) is 12.1 Å². The summed E-state index contributed by atoms with van der Waals surface area (Å²) >= 11 is 7.46. The number of hydrogen-bond acceptors (Lipinski definition) is 6. The fourth-order valence-corrected chi connectivity index (χ4v) is 3.81. The van der Waals surface area contributed by atoms with E-state index >= 15 is 0 Å². The lowest BCUT2D eigenvalue weighted by molar-refractivity contribution is -0.385. The summed E-state index contributed by atoms with van der Waals surface area (Å²) in [6.07, 6.45) is 1.17. The zero-order valence-corrected chi connectivity index (χ0v) is 15.8. The van der Waals surface area contributed by atoms with Crippen molar-refractivity contribution < 1.29 is 14.5 Å². The van der Waals surface area contributed by atoms with Crippen LogP contribution in [0, 0.1) is 10.1 Å². The highest BCUT2D eigenvalue weighted by molar-refractivity contribution is 7.21. The molecular formula is C18H13ClN4O4S. The van der Waals surface area contributed by atoms with Crippen LogP contribution in [0.2, 0.25) is 5.02 Å². The van der Waals surface area contributed by atoms with E-state index in [9.17, 15) is 19.7 Å². The molecule has 0 unspecified atom stereocenters. The number of thiophene rings is 1. The first-order chi connectivity index (χ1) is 13.5. The van der Waals surface area contributed by atoms with E-state index in [0.717, 1.165) is 10.1 Å². The Labute approximate surface area is 168 Å². The molecular weight excluding hydrogens is 404 g/mol. The second-order valence-corrected chi connectivity index (χ2v) is 6.96. The summed E-state index contributed by atoms with van der Waals surface area (Å²) in [5.74, 6) is -1.05. The van der Waals surface area contributed by atoms with Gasteiger partial charge in [0.2, 0.25) is 0 Å². The lowest BCUT2D eigenvalue weighted by Gasteiger charge is -2.03. The number of benzene rings is 2. The maximum atomic E-state index is 12.3. The van der Waals surface area contributed by atoms with E-state index in [2.05, 4.69) is 15.8 Å². The number of fused-ring (bicyclic) bond motifs is 1. The number of hydrogen-bond donors (Lipinski definition) is 2. The van der Waals surface area contributed by atoms with Gasteiger partial charge in [0.1, 0.15) is 4.88 Å². The van der Waals surface area contributed by atoms with Crippen LogP contribution in [0.1, 0.15) is 15.2 Å². The lowest BCUT2D eigenvalue weighted by atomic mass is 10.2. The van der Waals surface area contributed by atoms with E-state index in [0.29, 0.717) is 9.90 Å². The van der Waals surface area contributed by atoms with Crippen LogP contribution in [0.3, 0.4) is 0 Å². The van der Waals surface area contributed by atoms with E-state index in [4.69, 9.17) is 11.6 Å². The number of nitrogens with one attached hydrogen (secondary N) is 2. The van der Waals surface area contributed by atoms with Gasteiger partial charge < -0.3 is 5.32 Å². The molecule has 10 heteroatoms. The summed E-state index contributed by atoms with van der Waals surface area (Å²) < 4.78 is 0.871. The summed E-state index contributed by atoms with van der Waals surface area (Å²) in [6, 6.07) is 13.3. The third-order valence-electron chi connectivity index (χ3n) is 3.68. The molecule has 1 heterocycles. The van der Waals surface area contributed by atoms with Crippen molar-refractivity contribution in [2.24, 2.45) is 5.10 Å². The molecule has 2 N–H and O–H groups in total. The highest BCUT2D eigenvalue weighted by atomic mass is 35.5. The normalized spacial score (nSPS) is 10.9. The van der Waals surface area contributed by atoms with Crippen LogP contribution < -0.4 is 10.7 Å². The average molecular weight is 417 g/mol. The number of rotatable bonds is 6. The zero-order chi connectivity index (χ0) is 20.1. The Kier molecular flexibility index (Phi) is 5.97. The summed E-state index contributed by atoms with van der Waals surface area (Å²) in [4.78, 5) is 34.8. The molecule has 0 fully saturated rings. The van der Waals surface area contributed by atoms with Gasteiger partial charge in [-0.2, -0.15) is 5.10 Å². The maximum absolute atomic E-state index is 12.3. The Bertz CT molecular complexity index is 1100. The Morgan fingerprint density at radius 3 is 2.64 bits per heavy atom. The van der Waals surface area contributed by atoms with Gasteiger partial charge in [-0.25, -0.2) is 5.43 Å². The smallest absolute Gasteiger partial charge is 0.278 e. The van der Waals surface area contributed by atoms with E-state index in [-0.39, 0.29) is 17.8 Å². The van der Waals surface area contributed by atoms with Crippen LogP contribution in [-0.2, 0) is 4.79 Å². The monoisotopic (exact) mass is 416 g/mol. The number of nitro benzene ring substituents is 1. The molecule has 3 aromatic rings. The summed E-state index contributed by atoms with van der Waals surface area (Å²) in [7, 11) is 0. The minimum Gasteiger partial charge on any atom is -0.342 e. The molecule has 2 amide bonds. The summed E-state index contributed by atoms with van der Waals surface area (Å²) in [6.45, 7) is -0.322. The maximum Gasteiger partial charge on any atom is 0.278 e. The van der Waals surface area contributed by atoms with Gasteiger partial charge in [0.15, 0.2) is 0 Å². The van der Waals surface area contributed by atoms with Crippen molar-refractivity contribution in [2.45, 2.75) is 0 Å². The Morgan fingerprint density at radius 1 is 1.18 bits per heavy atom. The van der Waals surface area contributed by atoms with Crippen LogP contribution in [0.4, 0.5) is 5.69 Å². The van der Waals surface area contributed by atoms with Gasteiger partial charge in [0, 0.05) is 16.2 Å². The average Bonchev–Trinajstić information content (AvgIpc) is 3.03. The van der Waals surface area contributed by atoms with Crippen LogP contribution >= 0.6 is 22.9 Å². The van der Waals surface area contributed by atoms with Crippen molar-refractivity contribution in [1.82, 2.24) is 10.7 Å². The first-order valence-electron chi connectivity index (χ1n) is 7.98. The van der Waals surface area contributed by atoms with Crippen LogP contribution in [-0.4, -0.2) is 29.5 Å². The summed E-state index contributed by atoms with van der Waals surface area (Å²) in [5, 5.41) is 18.2. The fraction of sp³-hybridized carbons (Fsp3) is 0.0556. The Hall–Kier alpha value is -3.30. The molecule has 0 radical (unpaired) electrons. The molecule has 3 rings (SSSR count). The summed E-state index contributed by atoms with van der Waals surface area (Å²) in [5.41, 5.74) is 2.32.